The summed E-state index contributed by atoms with van der Waals surface area (Å²) in [6.45, 7) is 2.38. The van der Waals surface area contributed by atoms with Crippen LogP contribution in [0.2, 0.25) is 0 Å². The van der Waals surface area contributed by atoms with Crippen molar-refractivity contribution in [3.05, 3.63) is 58.5 Å². The molecule has 4 amide bonds. The monoisotopic (exact) mass is 452 g/mol. The average Bonchev–Trinajstić information content (AvgIpc) is 3.34. The maximum atomic E-state index is 13.1. The van der Waals surface area contributed by atoms with E-state index in [0.29, 0.717) is 35.3 Å². The average molecular weight is 452 g/mol. The molecule has 164 valence electrons. The molecule has 1 aliphatic rings. The molecule has 1 unspecified atom stereocenters. The zero-order valence-electron chi connectivity index (χ0n) is 17.5. The summed E-state index contributed by atoms with van der Waals surface area (Å²) >= 11 is 0. The molecule has 0 fully saturated rings. The second kappa shape index (κ2) is 8.43. The Hall–Kier alpha value is -3.71. The van der Waals surface area contributed by atoms with Gasteiger partial charge in [0.1, 0.15) is 5.75 Å². The molecular formula is C22H21N4O5P. The molecule has 1 aliphatic heterocycles. The van der Waals surface area contributed by atoms with Crippen molar-refractivity contribution in [2.45, 2.75) is 19.0 Å². The van der Waals surface area contributed by atoms with Crippen molar-refractivity contribution in [2.24, 2.45) is 0 Å². The summed E-state index contributed by atoms with van der Waals surface area (Å²) in [7, 11) is 1.69. The predicted molar refractivity (Wildman–Crippen MR) is 119 cm³/mol. The van der Waals surface area contributed by atoms with Crippen LogP contribution in [-0.4, -0.2) is 48.2 Å². The SMILES string of the molecule is COc1ccc2c(c1)C(=O)N(C[C@](C)(NC(=O)NC=O)c1cc3ncc(C=O)cc3[pH]1)C2. The lowest BCUT2D eigenvalue weighted by atomic mass is 9.99. The van der Waals surface area contributed by atoms with Gasteiger partial charge in [-0.25, -0.2) is 4.79 Å². The van der Waals surface area contributed by atoms with E-state index < -0.39 is 11.6 Å². The van der Waals surface area contributed by atoms with E-state index in [2.05, 4.69) is 15.6 Å². The Morgan fingerprint density at radius 1 is 1.31 bits per heavy atom. The summed E-state index contributed by atoms with van der Waals surface area (Å²) in [5.74, 6) is 0.432. The highest BCUT2D eigenvalue weighted by molar-refractivity contribution is 7.38. The molecule has 3 heterocycles. The second-order valence-electron chi connectivity index (χ2n) is 7.74. The third-order valence-corrected chi connectivity index (χ3v) is 7.14. The third kappa shape index (κ3) is 3.94. The van der Waals surface area contributed by atoms with Crippen LogP contribution < -0.4 is 15.4 Å². The first-order valence-corrected chi connectivity index (χ1v) is 10.8. The summed E-state index contributed by atoms with van der Waals surface area (Å²) < 4.78 is 5.23. The van der Waals surface area contributed by atoms with E-state index in [4.69, 9.17) is 4.74 Å². The summed E-state index contributed by atoms with van der Waals surface area (Å²) in [6, 6.07) is 8.33. The highest BCUT2D eigenvalue weighted by Crippen LogP contribution is 2.38. The van der Waals surface area contributed by atoms with Gasteiger partial charge in [0.15, 0.2) is 6.29 Å². The molecule has 0 bridgehead atoms. The molecule has 0 radical (unpaired) electrons. The zero-order valence-corrected chi connectivity index (χ0v) is 18.5. The number of pyridine rings is 1. The summed E-state index contributed by atoms with van der Waals surface area (Å²) in [5, 5.41) is 6.66. The van der Waals surface area contributed by atoms with Crippen LogP contribution in [0.5, 0.6) is 5.75 Å². The molecule has 0 saturated heterocycles. The number of ether oxygens (including phenoxy) is 1. The molecule has 1 aromatic carbocycles. The Morgan fingerprint density at radius 3 is 2.84 bits per heavy atom. The number of aromatic nitrogens is 1. The van der Waals surface area contributed by atoms with Crippen LogP contribution in [0.3, 0.4) is 0 Å². The molecule has 0 saturated carbocycles. The van der Waals surface area contributed by atoms with Crippen molar-refractivity contribution in [3.8, 4) is 5.75 Å². The molecular weight excluding hydrogens is 431 g/mol. The summed E-state index contributed by atoms with van der Waals surface area (Å²) in [6.07, 6.45) is 2.53. The van der Waals surface area contributed by atoms with E-state index in [1.807, 2.05) is 12.1 Å². The fourth-order valence-corrected chi connectivity index (χ4v) is 5.32. The Morgan fingerprint density at radius 2 is 2.12 bits per heavy atom. The number of hydrogen-bond donors (Lipinski definition) is 2. The van der Waals surface area contributed by atoms with Gasteiger partial charge in [-0.1, -0.05) is 6.07 Å². The Balaban J connectivity index is 1.69. The number of amides is 4. The lowest BCUT2D eigenvalue weighted by molar-refractivity contribution is -0.108. The van der Waals surface area contributed by atoms with E-state index in [0.717, 1.165) is 22.3 Å². The van der Waals surface area contributed by atoms with Crippen LogP contribution in [0.1, 0.15) is 38.5 Å². The molecule has 2 atom stereocenters. The number of fused-ring (bicyclic) bond motifs is 2. The predicted octanol–water partition coefficient (Wildman–Crippen LogP) is 2.41. The third-order valence-electron chi connectivity index (χ3n) is 5.50. The van der Waals surface area contributed by atoms with Crippen molar-refractivity contribution in [1.82, 2.24) is 20.5 Å². The second-order valence-corrected chi connectivity index (χ2v) is 9.06. The molecule has 2 aromatic heterocycles. The van der Waals surface area contributed by atoms with Gasteiger partial charge in [-0.15, -0.1) is 8.19 Å². The molecule has 2 N–H and O–H groups in total. The number of methoxy groups -OCH3 is 1. The quantitative estimate of drug-likeness (QED) is 0.532. The van der Waals surface area contributed by atoms with Crippen molar-refractivity contribution >= 4 is 43.5 Å². The number of nitrogens with zero attached hydrogens (tertiary/aromatic N) is 2. The fourth-order valence-electron chi connectivity index (χ4n) is 3.90. The summed E-state index contributed by atoms with van der Waals surface area (Å²) in [4.78, 5) is 53.2. The minimum Gasteiger partial charge on any atom is -0.497 e. The normalized spacial score (nSPS) is 14.8. The minimum absolute atomic E-state index is 0.146. The van der Waals surface area contributed by atoms with Crippen LogP contribution >= 0.6 is 8.19 Å². The first kappa shape index (κ1) is 21.5. The van der Waals surface area contributed by atoms with Gasteiger partial charge in [-0.2, -0.15) is 0 Å². The Labute approximate surface area is 185 Å². The number of nitrogens with one attached hydrogen (secondary N) is 2. The number of rotatable bonds is 7. The van der Waals surface area contributed by atoms with Gasteiger partial charge in [0.25, 0.3) is 5.91 Å². The van der Waals surface area contributed by atoms with Crippen LogP contribution in [0.25, 0.3) is 10.6 Å². The first-order chi connectivity index (χ1) is 15.4. The molecule has 9 nitrogen and oxygen atoms in total. The largest absolute Gasteiger partial charge is 0.497 e. The molecule has 10 heteroatoms. The lowest BCUT2D eigenvalue weighted by Gasteiger charge is -2.34. The molecule has 3 aromatic rings. The van der Waals surface area contributed by atoms with Gasteiger partial charge in [0.2, 0.25) is 6.41 Å². The van der Waals surface area contributed by atoms with Crippen LogP contribution in [0, 0.1) is 0 Å². The number of carbonyl (C=O) groups is 4. The van der Waals surface area contributed by atoms with E-state index in [1.165, 1.54) is 6.20 Å². The van der Waals surface area contributed by atoms with Gasteiger partial charge in [0, 0.05) is 35.5 Å². The standard InChI is InChI=1S/C22H21N4O5P/c1-22(25-21(30)24-12-28,19-7-17-18(32-19)5-13(10-27)8-23-17)11-26-9-14-3-4-15(31-2)6-16(14)20(26)29/h3-8,10,12,32H,9,11H2,1-2H3,(H2,24,25,28,30)/t22-/m0/s1. The number of hydrogen-bond acceptors (Lipinski definition) is 6. The van der Waals surface area contributed by atoms with Crippen molar-refractivity contribution < 1.29 is 23.9 Å². The maximum Gasteiger partial charge on any atom is 0.321 e. The number of benzene rings is 1. The number of carbonyl (C=O) groups excluding carboxylic acids is 4. The highest BCUT2D eigenvalue weighted by atomic mass is 31.0. The van der Waals surface area contributed by atoms with Crippen LogP contribution in [0.15, 0.2) is 36.5 Å². The van der Waals surface area contributed by atoms with Gasteiger partial charge < -0.3 is 15.0 Å². The fraction of sp³-hybridized carbons (Fsp3) is 0.227. The van der Waals surface area contributed by atoms with Gasteiger partial charge in [-0.3, -0.25) is 24.7 Å². The van der Waals surface area contributed by atoms with Crippen LogP contribution in [0.4, 0.5) is 4.79 Å². The smallest absolute Gasteiger partial charge is 0.321 e. The lowest BCUT2D eigenvalue weighted by Crippen LogP contribution is -2.53. The number of aldehydes is 1. The van der Waals surface area contributed by atoms with E-state index >= 15 is 0 Å². The van der Waals surface area contributed by atoms with Gasteiger partial charge in [0.05, 0.1) is 18.2 Å². The van der Waals surface area contributed by atoms with Crippen molar-refractivity contribution in [1.29, 1.82) is 0 Å². The molecule has 0 spiro atoms. The van der Waals surface area contributed by atoms with E-state index in [-0.39, 0.29) is 20.6 Å². The molecule has 4 rings (SSSR count). The summed E-state index contributed by atoms with van der Waals surface area (Å²) in [5.41, 5.74) is 1.65. The van der Waals surface area contributed by atoms with Crippen LogP contribution in [-0.2, 0) is 16.9 Å². The van der Waals surface area contributed by atoms with E-state index in [1.54, 1.807) is 37.1 Å². The Kier molecular flexibility index (Phi) is 5.67. The molecule has 0 aliphatic carbocycles. The molecule has 32 heavy (non-hydrogen) atoms. The Bertz CT molecular complexity index is 1240. The maximum absolute atomic E-state index is 13.1. The number of urea groups is 1. The zero-order chi connectivity index (χ0) is 22.9. The van der Waals surface area contributed by atoms with Gasteiger partial charge in [-0.05, 0) is 42.0 Å². The number of imide groups is 1. The van der Waals surface area contributed by atoms with E-state index in [9.17, 15) is 19.2 Å². The van der Waals surface area contributed by atoms with Crippen molar-refractivity contribution in [2.75, 3.05) is 13.7 Å². The van der Waals surface area contributed by atoms with Crippen molar-refractivity contribution in [3.63, 3.8) is 0 Å². The topological polar surface area (TPSA) is 118 Å². The first-order valence-electron chi connectivity index (χ1n) is 9.80. The van der Waals surface area contributed by atoms with Gasteiger partial charge >= 0.3 is 6.03 Å². The highest BCUT2D eigenvalue weighted by Gasteiger charge is 2.37. The minimum atomic E-state index is -0.977.